The number of nitrogens with zero attached hydrogens (tertiary/aromatic N) is 3. The number of rotatable bonds is 33. The van der Waals surface area contributed by atoms with Crippen molar-refractivity contribution in [1.29, 1.82) is 0 Å². The topological polar surface area (TPSA) is 508 Å². The van der Waals surface area contributed by atoms with E-state index in [0.29, 0.717) is 36.5 Å². The van der Waals surface area contributed by atoms with Crippen LogP contribution in [0.2, 0.25) is 0 Å². The molecule has 1 unspecified atom stereocenters. The number of carbonyl (C=O) groups is 3. The molecule has 6 rings (SSSR count). The van der Waals surface area contributed by atoms with Gasteiger partial charge in [-0.05, 0) is 102 Å². The number of nitrogens with one attached hydrogen (secondary N) is 6. The molecule has 0 radical (unpaired) electrons. The van der Waals surface area contributed by atoms with Crippen molar-refractivity contribution in [1.82, 2.24) is 43.9 Å². The van der Waals surface area contributed by atoms with E-state index in [1.54, 1.807) is 41.5 Å². The minimum atomic E-state index is -3.64. The molecule has 0 aromatic carbocycles. The highest BCUT2D eigenvalue weighted by Gasteiger charge is 2.57. The van der Waals surface area contributed by atoms with Crippen LogP contribution in [0.15, 0.2) is 65.6 Å². The number of hydrogen-bond acceptors (Lipinski definition) is 30. The first-order chi connectivity index (χ1) is 45.9. The summed E-state index contributed by atoms with van der Waals surface area (Å²) in [7, 11) is 0. The molecule has 42 heteroatoms. The molecule has 36 nitrogen and oxygen atoms in total. The normalized spacial score (nSPS) is 27.9. The van der Waals surface area contributed by atoms with E-state index in [-0.39, 0.29) is 18.3 Å². The summed E-state index contributed by atoms with van der Waals surface area (Å²) < 4.78 is 92.1. The Morgan fingerprint density at radius 1 is 0.475 bits per heavy atom. The Balaban J connectivity index is 0.000000315. The van der Waals surface area contributed by atoms with Crippen LogP contribution >= 0.6 is 54.3 Å². The van der Waals surface area contributed by atoms with Gasteiger partial charge in [0.15, 0.2) is 18.7 Å². The molecule has 0 bridgehead atoms. The first-order valence-electron chi connectivity index (χ1n) is 31.7. The SMILES string of the molecule is CCCSP(=O)(N[C@@H](C)C(=O)OC(C)C)OC[C@H]1O[C@@H](n2ccc(=O)[nH]c2=O)[C@](C)(O)[C@@H]1O.CCCS[P@@](=O)(N[C@@H](C)C(=O)OC(C)C)OC[C@H]1O[C@@H](n2ccc(=O)[nH]c2=O)[C@](C)(O)[C@@H]1O.CCCS[P@](=O)(N[C@@H](C)C(=O)OC(C)C)OC[C@H]1O[C@@H](n2ccc(=O)[nH]c2=O)[C@](C)(O)[C@@H]1O. The fourth-order valence-corrected chi connectivity index (χ4v) is 21.2. The highest BCUT2D eigenvalue weighted by atomic mass is 32.7. The zero-order chi connectivity index (χ0) is 74.9. The fraction of sp³-hybridized carbons (Fsp3) is 0.737. The molecule has 0 aliphatic carbocycles. The number of hydrogen-bond donors (Lipinski definition) is 12. The van der Waals surface area contributed by atoms with Gasteiger partial charge in [0.05, 0.1) is 38.1 Å². The van der Waals surface area contributed by atoms with Gasteiger partial charge in [-0.2, -0.15) is 0 Å². The van der Waals surface area contributed by atoms with E-state index in [1.165, 1.54) is 41.5 Å². The van der Waals surface area contributed by atoms with Gasteiger partial charge in [-0.1, -0.05) is 54.9 Å². The van der Waals surface area contributed by atoms with E-state index in [4.69, 9.17) is 42.0 Å². The molecule has 18 atom stereocenters. The molecule has 3 aromatic rings. The van der Waals surface area contributed by atoms with Crippen molar-refractivity contribution in [2.45, 2.75) is 232 Å². The molecule has 3 aromatic heterocycles. The Kier molecular flexibility index (Phi) is 33.3. The summed E-state index contributed by atoms with van der Waals surface area (Å²) in [4.78, 5) is 113. The molecule has 99 heavy (non-hydrogen) atoms. The van der Waals surface area contributed by atoms with Gasteiger partial charge in [-0.25, -0.2) is 29.6 Å². The van der Waals surface area contributed by atoms with Gasteiger partial charge in [0.1, 0.15) is 71.6 Å². The first kappa shape index (κ1) is 87.0. The summed E-state index contributed by atoms with van der Waals surface area (Å²) >= 11 is 2.98. The molecule has 12 N–H and O–H groups in total. The van der Waals surface area contributed by atoms with E-state index in [9.17, 15) is 87.5 Å². The Morgan fingerprint density at radius 2 is 0.697 bits per heavy atom. The van der Waals surface area contributed by atoms with Crippen molar-refractivity contribution < 1.29 is 101 Å². The molecule has 564 valence electrons. The molecule has 3 saturated heterocycles. The molecule has 3 aliphatic rings. The first-order valence-corrected chi connectivity index (χ1v) is 41.3. The second kappa shape index (κ2) is 37.9. The number of aromatic nitrogens is 6. The van der Waals surface area contributed by atoms with Crippen LogP contribution in [0.1, 0.15) is 142 Å². The third-order valence-corrected chi connectivity index (χ3v) is 27.3. The lowest BCUT2D eigenvalue weighted by atomic mass is 9.96. The summed E-state index contributed by atoms with van der Waals surface area (Å²) in [6.45, 7) is 12.0. The van der Waals surface area contributed by atoms with E-state index in [1.807, 2.05) is 20.8 Å². The van der Waals surface area contributed by atoms with Gasteiger partial charge in [0, 0.05) is 54.0 Å². The van der Waals surface area contributed by atoms with Crippen LogP contribution in [-0.2, 0) is 70.1 Å². The van der Waals surface area contributed by atoms with Crippen LogP contribution in [-0.4, -0.2) is 204 Å². The number of carbonyl (C=O) groups excluding carboxylic acids is 3. The number of H-pyrrole nitrogens is 3. The highest BCUT2D eigenvalue weighted by Crippen LogP contribution is 2.59. The fourth-order valence-electron chi connectivity index (χ4n) is 9.33. The Hall–Kier alpha value is -4.41. The van der Waals surface area contributed by atoms with Crippen LogP contribution in [0.4, 0.5) is 0 Å². The zero-order valence-corrected chi connectivity index (χ0v) is 62.8. The largest absolute Gasteiger partial charge is 0.462 e. The average Bonchev–Trinajstić information content (AvgIpc) is 1.64. The van der Waals surface area contributed by atoms with Crippen LogP contribution in [0, 0.1) is 0 Å². The summed E-state index contributed by atoms with van der Waals surface area (Å²) in [6.07, 6.45) is -7.51. The highest BCUT2D eigenvalue weighted by molar-refractivity contribution is 8.56. The zero-order valence-electron chi connectivity index (χ0n) is 57.7. The van der Waals surface area contributed by atoms with Crippen molar-refractivity contribution in [2.75, 3.05) is 37.1 Å². The molecular weight excluding hydrogens is 1430 g/mol. The molecule has 3 fully saturated rings. The van der Waals surface area contributed by atoms with Crippen molar-refractivity contribution >= 4 is 72.2 Å². The maximum Gasteiger partial charge on any atom is 0.330 e. The smallest absolute Gasteiger partial charge is 0.330 e. The quantitative estimate of drug-likeness (QED) is 0.0236. The number of aliphatic hydroxyl groups excluding tert-OH is 3. The standard InChI is InChI=1S/3C19H32N3O9PS/c3*1-6-9-33-32(28,21-12(4)16(25)30-11(2)3)29-10-13-15(24)19(5,27)17(31-13)22-8-7-14(23)20-18(22)26/h3*7-8,11-13,15,17,24,27H,6,9-10H2,1-5H3,(H,21,28)(H,20,23,26)/t12-,13+,15+,17+,19+,32?;12-,13+,15+,17+,19+,32+;12-,13+,15+,17+,19+,32-/m000/s1. The predicted octanol–water partition coefficient (Wildman–Crippen LogP) is 2.23. The van der Waals surface area contributed by atoms with Crippen LogP contribution < -0.4 is 49.0 Å². The molecule has 0 spiro atoms. The Bertz CT molecular complexity index is 3310. The van der Waals surface area contributed by atoms with E-state index in [0.717, 1.165) is 84.6 Å². The molecule has 6 heterocycles. The van der Waals surface area contributed by atoms with Gasteiger partial charge in [-0.15, -0.1) is 0 Å². The number of esters is 3. The Morgan fingerprint density at radius 3 is 0.889 bits per heavy atom. The van der Waals surface area contributed by atoms with Gasteiger partial charge < -0.3 is 72.6 Å². The van der Waals surface area contributed by atoms with Crippen molar-refractivity contribution in [2.24, 2.45) is 0 Å². The van der Waals surface area contributed by atoms with Crippen LogP contribution in [0.3, 0.4) is 0 Å². The van der Waals surface area contributed by atoms with Crippen LogP contribution in [0.25, 0.3) is 0 Å². The van der Waals surface area contributed by atoms with E-state index in [2.05, 4.69) is 30.2 Å². The minimum Gasteiger partial charge on any atom is -0.462 e. The second-order valence-electron chi connectivity index (χ2n) is 24.5. The molecule has 3 aliphatic heterocycles. The summed E-state index contributed by atoms with van der Waals surface area (Å²) in [6, 6.07) is 0.462. The van der Waals surface area contributed by atoms with Gasteiger partial charge >= 0.3 is 55.1 Å². The van der Waals surface area contributed by atoms with Crippen LogP contribution in [0.5, 0.6) is 0 Å². The van der Waals surface area contributed by atoms with Crippen molar-refractivity contribution in [3.05, 3.63) is 99.3 Å². The molecule has 0 saturated carbocycles. The lowest BCUT2D eigenvalue weighted by molar-refractivity contribution is -0.149. The number of aromatic amines is 3. The van der Waals surface area contributed by atoms with Gasteiger partial charge in [0.2, 0.25) is 0 Å². The van der Waals surface area contributed by atoms with Gasteiger partial charge in [-0.3, -0.25) is 71.1 Å². The van der Waals surface area contributed by atoms with E-state index >= 15 is 0 Å². The summed E-state index contributed by atoms with van der Waals surface area (Å²) in [5.74, 6) is -0.373. The summed E-state index contributed by atoms with van der Waals surface area (Å²) in [5.41, 5.74) is -10.1. The average molecular weight is 1530 g/mol. The third-order valence-electron chi connectivity index (χ3n) is 14.4. The van der Waals surface area contributed by atoms with E-state index < -0.39 is 182 Å². The number of aliphatic hydroxyl groups is 6. The lowest BCUT2D eigenvalue weighted by Gasteiger charge is -2.27. The molecular formula is C57H96N9O27P3S3. The maximum absolute atomic E-state index is 13.4. The number of ether oxygens (including phenoxy) is 6. The second-order valence-corrected chi connectivity index (χ2v) is 37.7. The lowest BCUT2D eigenvalue weighted by Crippen LogP contribution is -2.46. The minimum absolute atomic E-state index is 0.345. The predicted molar refractivity (Wildman–Crippen MR) is 366 cm³/mol. The van der Waals surface area contributed by atoms with Crippen molar-refractivity contribution in [3.63, 3.8) is 0 Å². The monoisotopic (exact) mass is 1530 g/mol. The molecule has 0 amide bonds. The van der Waals surface area contributed by atoms with Crippen molar-refractivity contribution in [3.8, 4) is 0 Å². The van der Waals surface area contributed by atoms with Gasteiger partial charge in [0.25, 0.3) is 16.7 Å². The summed E-state index contributed by atoms with van der Waals surface area (Å²) in [5, 5.41) is 72.2. The maximum atomic E-state index is 13.4. The third kappa shape index (κ3) is 24.6. The Labute approximate surface area is 582 Å².